The van der Waals surface area contributed by atoms with E-state index < -0.39 is 16.1 Å². The summed E-state index contributed by atoms with van der Waals surface area (Å²) in [5, 5.41) is 0. The Balaban J connectivity index is 1.31. The molecule has 11 heteroatoms. The first-order chi connectivity index (χ1) is 18.2. The highest BCUT2D eigenvalue weighted by atomic mass is 32.2. The second kappa shape index (κ2) is 12.5. The predicted octanol–water partition coefficient (Wildman–Crippen LogP) is 2.02. The number of amides is 1. The van der Waals surface area contributed by atoms with Crippen molar-refractivity contribution in [2.75, 3.05) is 66.3 Å². The SMILES string of the molecule is COc1cc(C)c(S(=O)(=O)N2CCOC[C@H]2COCC(=O)N2CCN(C(C)c3ccncc3)CC2)c(C)c1. The molecular formula is C27H38N4O6S. The van der Waals surface area contributed by atoms with Crippen molar-refractivity contribution in [3.63, 3.8) is 0 Å². The first kappa shape index (κ1) is 28.4. The molecule has 208 valence electrons. The number of hydrogen-bond donors (Lipinski definition) is 0. The summed E-state index contributed by atoms with van der Waals surface area (Å²) in [4.78, 5) is 21.4. The summed E-state index contributed by atoms with van der Waals surface area (Å²) in [7, 11) is -2.24. The molecule has 2 atom stereocenters. The summed E-state index contributed by atoms with van der Waals surface area (Å²) in [6, 6.07) is 7.23. The zero-order chi connectivity index (χ0) is 27.3. The summed E-state index contributed by atoms with van der Waals surface area (Å²) < 4.78 is 45.4. The Hall–Kier alpha value is -2.57. The molecule has 10 nitrogen and oxygen atoms in total. The van der Waals surface area contributed by atoms with E-state index in [0.717, 1.165) is 13.1 Å². The third kappa shape index (κ3) is 6.35. The highest BCUT2D eigenvalue weighted by molar-refractivity contribution is 7.89. The molecule has 1 aromatic carbocycles. The number of aromatic nitrogens is 1. The lowest BCUT2D eigenvalue weighted by molar-refractivity contribution is -0.139. The van der Waals surface area contributed by atoms with Gasteiger partial charge >= 0.3 is 0 Å². The van der Waals surface area contributed by atoms with E-state index in [2.05, 4.69) is 16.8 Å². The van der Waals surface area contributed by atoms with Crippen LogP contribution in [0.5, 0.6) is 5.75 Å². The molecule has 3 heterocycles. The topological polar surface area (TPSA) is 102 Å². The van der Waals surface area contributed by atoms with Crippen molar-refractivity contribution in [3.05, 3.63) is 53.3 Å². The Morgan fingerprint density at radius 2 is 1.76 bits per heavy atom. The van der Waals surface area contributed by atoms with E-state index in [0.29, 0.717) is 36.6 Å². The molecule has 2 aliphatic rings. The number of rotatable bonds is 9. The average Bonchev–Trinajstić information content (AvgIpc) is 2.92. The maximum atomic E-state index is 13.7. The van der Waals surface area contributed by atoms with Crippen LogP contribution in [0.3, 0.4) is 0 Å². The van der Waals surface area contributed by atoms with Crippen LogP contribution in [0, 0.1) is 13.8 Å². The van der Waals surface area contributed by atoms with Crippen LogP contribution in [0.15, 0.2) is 41.6 Å². The lowest BCUT2D eigenvalue weighted by Gasteiger charge is -2.38. The molecule has 2 aliphatic heterocycles. The number of ether oxygens (including phenoxy) is 3. The maximum Gasteiger partial charge on any atom is 0.248 e. The molecular weight excluding hydrogens is 508 g/mol. The Labute approximate surface area is 225 Å². The van der Waals surface area contributed by atoms with Crippen LogP contribution in [0.1, 0.15) is 29.7 Å². The van der Waals surface area contributed by atoms with Gasteiger partial charge in [0.1, 0.15) is 12.4 Å². The lowest BCUT2D eigenvalue weighted by atomic mass is 10.1. The lowest BCUT2D eigenvalue weighted by Crippen LogP contribution is -2.52. The third-order valence-electron chi connectivity index (χ3n) is 7.35. The van der Waals surface area contributed by atoms with Gasteiger partial charge in [0.15, 0.2) is 0 Å². The van der Waals surface area contributed by atoms with Gasteiger partial charge in [-0.05, 0) is 61.7 Å². The Morgan fingerprint density at radius 3 is 2.39 bits per heavy atom. The summed E-state index contributed by atoms with van der Waals surface area (Å²) >= 11 is 0. The highest BCUT2D eigenvalue weighted by Gasteiger charge is 2.36. The van der Waals surface area contributed by atoms with E-state index in [-0.39, 0.29) is 43.2 Å². The molecule has 0 saturated carbocycles. The molecule has 4 rings (SSSR count). The molecule has 0 N–H and O–H groups in total. The molecule has 0 radical (unpaired) electrons. The molecule has 0 aliphatic carbocycles. The molecule has 1 unspecified atom stereocenters. The van der Waals surface area contributed by atoms with Gasteiger partial charge in [-0.1, -0.05) is 0 Å². The second-order valence-corrected chi connectivity index (χ2v) is 11.7. The van der Waals surface area contributed by atoms with Crippen molar-refractivity contribution in [2.24, 2.45) is 0 Å². The molecule has 1 aromatic heterocycles. The normalized spacial score (nSPS) is 20.3. The number of aryl methyl sites for hydroxylation is 2. The number of sulfonamides is 1. The van der Waals surface area contributed by atoms with E-state index in [4.69, 9.17) is 14.2 Å². The van der Waals surface area contributed by atoms with Crippen LogP contribution in [-0.2, 0) is 24.3 Å². The fourth-order valence-corrected chi connectivity index (χ4v) is 7.22. The van der Waals surface area contributed by atoms with Crippen molar-refractivity contribution >= 4 is 15.9 Å². The van der Waals surface area contributed by atoms with Gasteiger partial charge in [-0.2, -0.15) is 4.31 Å². The fourth-order valence-electron chi connectivity index (χ4n) is 5.22. The maximum absolute atomic E-state index is 13.7. The number of piperazine rings is 1. The van der Waals surface area contributed by atoms with Gasteiger partial charge in [0, 0.05) is 51.2 Å². The van der Waals surface area contributed by atoms with E-state index in [1.54, 1.807) is 45.5 Å². The molecule has 2 aromatic rings. The minimum atomic E-state index is -3.79. The Bertz CT molecular complexity index is 1180. The number of morpholine rings is 1. The monoisotopic (exact) mass is 546 g/mol. The minimum absolute atomic E-state index is 0.0816. The van der Waals surface area contributed by atoms with E-state index in [1.165, 1.54) is 9.87 Å². The number of carbonyl (C=O) groups is 1. The number of nitrogens with zero attached hydrogens (tertiary/aromatic N) is 4. The Morgan fingerprint density at radius 1 is 1.11 bits per heavy atom. The van der Waals surface area contributed by atoms with Gasteiger partial charge < -0.3 is 19.1 Å². The summed E-state index contributed by atoms with van der Waals surface area (Å²) in [5.74, 6) is 0.529. The molecule has 0 spiro atoms. The largest absolute Gasteiger partial charge is 0.497 e. The number of benzene rings is 1. The summed E-state index contributed by atoms with van der Waals surface area (Å²) in [5.41, 5.74) is 2.46. The van der Waals surface area contributed by atoms with Crippen LogP contribution >= 0.6 is 0 Å². The van der Waals surface area contributed by atoms with Crippen LogP contribution in [-0.4, -0.2) is 106 Å². The zero-order valence-electron chi connectivity index (χ0n) is 22.6. The van der Waals surface area contributed by atoms with Crippen molar-refractivity contribution in [1.29, 1.82) is 0 Å². The standard InChI is InChI=1S/C27H38N4O6S/c1-20-15-25(35-4)16-21(2)27(20)38(33,34)31-13-14-36-17-24(31)18-37-19-26(32)30-11-9-29(10-12-30)22(3)23-5-7-28-8-6-23/h5-8,15-16,22,24H,9-14,17-19H2,1-4H3/t22?,24-/m0/s1. The van der Waals surface area contributed by atoms with Gasteiger partial charge in [0.2, 0.25) is 15.9 Å². The number of hydrogen-bond acceptors (Lipinski definition) is 8. The molecule has 0 bridgehead atoms. The van der Waals surface area contributed by atoms with Crippen LogP contribution < -0.4 is 4.74 Å². The van der Waals surface area contributed by atoms with E-state index in [1.807, 2.05) is 17.0 Å². The first-order valence-corrected chi connectivity index (χ1v) is 14.4. The third-order valence-corrected chi connectivity index (χ3v) is 9.61. The number of carbonyl (C=O) groups excluding carboxylic acids is 1. The van der Waals surface area contributed by atoms with Gasteiger partial charge in [-0.3, -0.25) is 14.7 Å². The zero-order valence-corrected chi connectivity index (χ0v) is 23.4. The first-order valence-electron chi connectivity index (χ1n) is 13.0. The summed E-state index contributed by atoms with van der Waals surface area (Å²) in [6.07, 6.45) is 3.60. The Kier molecular flexibility index (Phi) is 9.37. The molecule has 1 amide bonds. The van der Waals surface area contributed by atoms with Crippen LogP contribution in [0.2, 0.25) is 0 Å². The van der Waals surface area contributed by atoms with Crippen molar-refractivity contribution in [3.8, 4) is 5.75 Å². The fraction of sp³-hybridized carbons (Fsp3) is 0.556. The average molecular weight is 547 g/mol. The van der Waals surface area contributed by atoms with Crippen LogP contribution in [0.4, 0.5) is 0 Å². The van der Waals surface area contributed by atoms with E-state index in [9.17, 15) is 13.2 Å². The van der Waals surface area contributed by atoms with E-state index >= 15 is 0 Å². The van der Waals surface area contributed by atoms with Gasteiger partial charge in [-0.25, -0.2) is 8.42 Å². The second-order valence-electron chi connectivity index (χ2n) is 9.82. The molecule has 2 fully saturated rings. The smallest absolute Gasteiger partial charge is 0.248 e. The predicted molar refractivity (Wildman–Crippen MR) is 143 cm³/mol. The van der Waals surface area contributed by atoms with Gasteiger partial charge in [-0.15, -0.1) is 0 Å². The van der Waals surface area contributed by atoms with Crippen molar-refractivity contribution < 1.29 is 27.4 Å². The quantitative estimate of drug-likeness (QED) is 0.471. The van der Waals surface area contributed by atoms with Crippen LogP contribution in [0.25, 0.3) is 0 Å². The summed E-state index contributed by atoms with van der Waals surface area (Å²) in [6.45, 7) is 9.25. The van der Waals surface area contributed by atoms with Gasteiger partial charge in [0.25, 0.3) is 0 Å². The van der Waals surface area contributed by atoms with Gasteiger partial charge in [0.05, 0.1) is 37.9 Å². The highest BCUT2D eigenvalue weighted by Crippen LogP contribution is 2.30. The number of methoxy groups -OCH3 is 1. The number of pyridine rings is 1. The molecule has 2 saturated heterocycles. The van der Waals surface area contributed by atoms with Crippen molar-refractivity contribution in [2.45, 2.75) is 37.8 Å². The minimum Gasteiger partial charge on any atom is -0.497 e. The molecule has 38 heavy (non-hydrogen) atoms. The van der Waals surface area contributed by atoms with Crippen molar-refractivity contribution in [1.82, 2.24) is 19.1 Å².